The highest BCUT2D eigenvalue weighted by Gasteiger charge is 2.29. The summed E-state index contributed by atoms with van der Waals surface area (Å²) >= 11 is 0. The van der Waals surface area contributed by atoms with Crippen molar-refractivity contribution in [2.45, 2.75) is 38.8 Å². The minimum Gasteiger partial charge on any atom is -0.294 e. The summed E-state index contributed by atoms with van der Waals surface area (Å²) in [6, 6.07) is 34.9. The minimum atomic E-state index is -0.214. The Morgan fingerprint density at radius 2 is 0.886 bits per heavy atom. The fraction of sp³-hybridized carbons (Fsp3) is 0.250. The molecular weight excluding hydrogens is 540 g/mol. The summed E-state index contributed by atoms with van der Waals surface area (Å²) in [6.45, 7) is 6.98. The van der Waals surface area contributed by atoms with Crippen molar-refractivity contribution < 1.29 is 9.59 Å². The number of carbonyl (C=O) groups is 2. The van der Waals surface area contributed by atoms with Crippen LogP contribution in [0.1, 0.15) is 55.8 Å². The van der Waals surface area contributed by atoms with Crippen molar-refractivity contribution in [3.63, 3.8) is 0 Å². The zero-order chi connectivity index (χ0) is 30.7. The van der Waals surface area contributed by atoms with Gasteiger partial charge in [0, 0.05) is 61.3 Å². The molecule has 4 nitrogen and oxygen atoms in total. The van der Waals surface area contributed by atoms with Gasteiger partial charge in [-0.05, 0) is 38.1 Å². The molecular formula is C40H38N2O2. The second-order valence-electron chi connectivity index (χ2n) is 11.4. The first-order valence-electron chi connectivity index (χ1n) is 15.3. The van der Waals surface area contributed by atoms with Crippen molar-refractivity contribution in [3.8, 4) is 23.7 Å². The van der Waals surface area contributed by atoms with Crippen LogP contribution in [0.4, 0.5) is 0 Å². The van der Waals surface area contributed by atoms with Gasteiger partial charge < -0.3 is 0 Å². The minimum absolute atomic E-state index is 0.0927. The smallest absolute Gasteiger partial charge is 0.165 e. The third-order valence-electron chi connectivity index (χ3n) is 8.05. The second kappa shape index (κ2) is 15.1. The Hall–Kier alpha value is -4.74. The average molecular weight is 579 g/mol. The van der Waals surface area contributed by atoms with Crippen molar-refractivity contribution >= 4 is 11.6 Å². The molecule has 0 radical (unpaired) electrons. The molecule has 0 N–H and O–H groups in total. The number of piperazine rings is 1. The summed E-state index contributed by atoms with van der Waals surface area (Å²) in [7, 11) is 0. The van der Waals surface area contributed by atoms with Gasteiger partial charge in [0.25, 0.3) is 0 Å². The van der Waals surface area contributed by atoms with Gasteiger partial charge in [0.05, 0.1) is 12.1 Å². The van der Waals surface area contributed by atoms with Gasteiger partial charge in [-0.3, -0.25) is 19.4 Å². The van der Waals surface area contributed by atoms with E-state index < -0.39 is 0 Å². The first kappa shape index (κ1) is 30.7. The normalized spacial score (nSPS) is 14.8. The first-order chi connectivity index (χ1) is 21.4. The molecule has 0 aliphatic carbocycles. The maximum Gasteiger partial charge on any atom is 0.165 e. The lowest BCUT2D eigenvalue weighted by atomic mass is 9.99. The van der Waals surface area contributed by atoms with Crippen LogP contribution in [-0.2, 0) is 0 Å². The second-order valence-corrected chi connectivity index (χ2v) is 11.4. The average Bonchev–Trinajstić information content (AvgIpc) is 3.06. The highest BCUT2D eigenvalue weighted by molar-refractivity contribution is 5.97. The van der Waals surface area contributed by atoms with Crippen LogP contribution in [0.3, 0.4) is 0 Å². The van der Waals surface area contributed by atoms with Gasteiger partial charge in [0.2, 0.25) is 0 Å². The van der Waals surface area contributed by atoms with E-state index in [1.807, 2.05) is 123 Å². The summed E-state index contributed by atoms with van der Waals surface area (Å²) < 4.78 is 0. The number of ketones is 2. The number of hydrogen-bond donors (Lipinski definition) is 0. The largest absolute Gasteiger partial charge is 0.294 e. The molecule has 44 heavy (non-hydrogen) atoms. The van der Waals surface area contributed by atoms with E-state index in [9.17, 15) is 9.59 Å². The third-order valence-corrected chi connectivity index (χ3v) is 8.05. The van der Waals surface area contributed by atoms with Gasteiger partial charge in [-0.1, -0.05) is 120 Å². The van der Waals surface area contributed by atoms with E-state index in [0.29, 0.717) is 24.0 Å². The van der Waals surface area contributed by atoms with Crippen LogP contribution >= 0.6 is 0 Å². The molecule has 1 saturated heterocycles. The number of rotatable bonds is 8. The Labute approximate surface area is 261 Å². The first-order valence-corrected chi connectivity index (χ1v) is 15.3. The molecule has 0 spiro atoms. The predicted octanol–water partition coefficient (Wildman–Crippen LogP) is 6.61. The number of carbonyl (C=O) groups excluding carboxylic acids is 2. The van der Waals surface area contributed by atoms with Crippen molar-refractivity contribution in [3.05, 3.63) is 143 Å². The van der Waals surface area contributed by atoms with Crippen molar-refractivity contribution in [2.75, 3.05) is 26.2 Å². The zero-order valence-corrected chi connectivity index (χ0v) is 25.5. The van der Waals surface area contributed by atoms with E-state index in [1.54, 1.807) is 0 Å². The zero-order valence-electron chi connectivity index (χ0n) is 25.5. The Balaban J connectivity index is 1.33. The molecule has 5 rings (SSSR count). The van der Waals surface area contributed by atoms with Crippen LogP contribution in [0.25, 0.3) is 0 Å². The Bertz CT molecular complexity index is 1530. The highest BCUT2D eigenvalue weighted by atomic mass is 16.1. The molecule has 2 unspecified atom stereocenters. The SMILES string of the molecule is Cc1ccc(C(=O)CC(C#Cc2ccccc2)N2CCN(C(C#Cc3ccccc3)CC(=O)c3ccc(C)cc3)CC2)cc1. The molecule has 220 valence electrons. The van der Waals surface area contributed by atoms with E-state index in [-0.39, 0.29) is 23.7 Å². The Kier molecular flexibility index (Phi) is 10.6. The highest BCUT2D eigenvalue weighted by Crippen LogP contribution is 2.18. The standard InChI is InChI=1S/C40H38N2O2/c1-31-13-19-35(20-14-31)39(43)29-37(23-17-33-9-5-3-6-10-33)41-25-27-42(28-26-41)38(24-18-34-11-7-4-8-12-34)30-40(44)36-21-15-32(2)16-22-36/h3-16,19-22,37-38H,25-30H2,1-2H3. The summed E-state index contributed by atoms with van der Waals surface area (Å²) in [5, 5.41) is 0. The van der Waals surface area contributed by atoms with E-state index in [4.69, 9.17) is 0 Å². The third kappa shape index (κ3) is 8.65. The summed E-state index contributed by atoms with van der Waals surface area (Å²) in [5.74, 6) is 13.6. The number of benzene rings is 4. The summed E-state index contributed by atoms with van der Waals surface area (Å²) in [4.78, 5) is 31.3. The fourth-order valence-corrected chi connectivity index (χ4v) is 5.35. The lowest BCUT2D eigenvalue weighted by Crippen LogP contribution is -2.53. The number of Topliss-reactive ketones (excluding diaryl/α,β-unsaturated/α-hetero) is 2. The van der Waals surface area contributed by atoms with Gasteiger partial charge in [-0.15, -0.1) is 0 Å². The molecule has 0 bridgehead atoms. The maximum atomic E-state index is 13.3. The molecule has 4 aromatic rings. The lowest BCUT2D eigenvalue weighted by molar-refractivity contribution is 0.0759. The molecule has 1 fully saturated rings. The topological polar surface area (TPSA) is 40.6 Å². The van der Waals surface area contributed by atoms with Crippen LogP contribution < -0.4 is 0 Å². The molecule has 1 aliphatic heterocycles. The van der Waals surface area contributed by atoms with Gasteiger partial charge >= 0.3 is 0 Å². The molecule has 0 saturated carbocycles. The maximum absolute atomic E-state index is 13.3. The van der Waals surface area contributed by atoms with E-state index in [2.05, 4.69) is 33.5 Å². The fourth-order valence-electron chi connectivity index (χ4n) is 5.35. The summed E-state index contributed by atoms with van der Waals surface area (Å²) in [5.41, 5.74) is 5.56. The van der Waals surface area contributed by atoms with E-state index >= 15 is 0 Å². The molecule has 1 aliphatic rings. The van der Waals surface area contributed by atoms with Crippen LogP contribution in [0.5, 0.6) is 0 Å². The molecule has 1 heterocycles. The molecule has 0 amide bonds. The molecule has 4 aromatic carbocycles. The van der Waals surface area contributed by atoms with Crippen LogP contribution in [-0.4, -0.2) is 59.6 Å². The van der Waals surface area contributed by atoms with Gasteiger partial charge in [0.1, 0.15) is 0 Å². The quantitative estimate of drug-likeness (QED) is 0.174. The van der Waals surface area contributed by atoms with Gasteiger partial charge in [-0.2, -0.15) is 0 Å². The number of hydrogen-bond acceptors (Lipinski definition) is 4. The van der Waals surface area contributed by atoms with Gasteiger partial charge in [0.15, 0.2) is 11.6 Å². The molecule has 4 heteroatoms. The van der Waals surface area contributed by atoms with Crippen molar-refractivity contribution in [2.24, 2.45) is 0 Å². The van der Waals surface area contributed by atoms with E-state index in [1.165, 1.54) is 0 Å². The monoisotopic (exact) mass is 578 g/mol. The van der Waals surface area contributed by atoms with Crippen LogP contribution in [0, 0.1) is 37.5 Å². The van der Waals surface area contributed by atoms with Gasteiger partial charge in [-0.25, -0.2) is 0 Å². The van der Waals surface area contributed by atoms with Crippen molar-refractivity contribution in [1.29, 1.82) is 0 Å². The lowest BCUT2D eigenvalue weighted by Gasteiger charge is -2.39. The van der Waals surface area contributed by atoms with Crippen LogP contribution in [0.2, 0.25) is 0 Å². The molecule has 2 atom stereocenters. The summed E-state index contributed by atoms with van der Waals surface area (Å²) in [6.07, 6.45) is 0.651. The number of nitrogens with zero attached hydrogens (tertiary/aromatic N) is 2. The van der Waals surface area contributed by atoms with Crippen molar-refractivity contribution in [1.82, 2.24) is 9.80 Å². The van der Waals surface area contributed by atoms with Crippen LogP contribution in [0.15, 0.2) is 109 Å². The van der Waals surface area contributed by atoms with E-state index in [0.717, 1.165) is 48.4 Å². The number of aryl methyl sites for hydroxylation is 2. The Morgan fingerprint density at radius 1 is 0.545 bits per heavy atom. The predicted molar refractivity (Wildman–Crippen MR) is 178 cm³/mol. The molecule has 0 aromatic heterocycles. The Morgan fingerprint density at radius 3 is 1.23 bits per heavy atom.